The molecule has 2 rings (SSSR count). The molecule has 2 unspecified atom stereocenters. The molecule has 1 aliphatic rings. The predicted molar refractivity (Wildman–Crippen MR) is 111 cm³/mol. The number of hydrogen-bond acceptors (Lipinski definition) is 5. The van der Waals surface area contributed by atoms with E-state index in [1.54, 1.807) is 24.3 Å². The van der Waals surface area contributed by atoms with Crippen molar-refractivity contribution in [2.45, 2.75) is 43.3 Å². The average Bonchev–Trinajstić information content (AvgIpc) is 2.61. The standard InChI is InChI=1S/C19H27N3O4S2/c1-19(2,3)27(24)22-16-8-6-15(7-9-16)18(23)21-13-12-14-4-10-17(11-5-14)28(20,25)26/h4-6,8-11,15,22H,7,12-13H2,1-3H3,(H,21,23)(H2,20,25,26). The number of primary sulfonamides is 1. The maximum atomic E-state index is 12.3. The summed E-state index contributed by atoms with van der Waals surface area (Å²) in [6.07, 6.45) is 6.58. The zero-order valence-electron chi connectivity index (χ0n) is 16.3. The molecule has 7 nitrogen and oxygen atoms in total. The second-order valence-electron chi connectivity index (χ2n) is 7.57. The summed E-state index contributed by atoms with van der Waals surface area (Å²) in [5.41, 5.74) is 1.66. The Kier molecular flexibility index (Phi) is 7.33. The molecule has 1 aliphatic carbocycles. The van der Waals surface area contributed by atoms with E-state index < -0.39 is 21.4 Å². The van der Waals surface area contributed by atoms with Gasteiger partial charge in [-0.05, 0) is 57.4 Å². The summed E-state index contributed by atoms with van der Waals surface area (Å²) in [7, 11) is -3.70. The first-order valence-corrected chi connectivity index (χ1v) is 11.6. The van der Waals surface area contributed by atoms with E-state index in [4.69, 9.17) is 5.14 Å². The number of hydrogen-bond donors (Lipinski definition) is 3. The van der Waals surface area contributed by atoms with Gasteiger partial charge in [0.05, 0.1) is 27.9 Å². The Morgan fingerprint density at radius 1 is 1.29 bits per heavy atom. The predicted octanol–water partition coefficient (Wildman–Crippen LogP) is 1.50. The van der Waals surface area contributed by atoms with Crippen LogP contribution in [0.5, 0.6) is 0 Å². The molecule has 0 saturated heterocycles. The minimum Gasteiger partial charge on any atom is -0.593 e. The summed E-state index contributed by atoms with van der Waals surface area (Å²) in [5.74, 6) is -0.344. The van der Waals surface area contributed by atoms with Crippen molar-refractivity contribution in [3.05, 3.63) is 53.8 Å². The molecule has 0 aliphatic heterocycles. The highest BCUT2D eigenvalue weighted by atomic mass is 32.2. The second kappa shape index (κ2) is 9.13. The van der Waals surface area contributed by atoms with E-state index in [2.05, 4.69) is 10.0 Å². The molecular formula is C19H27N3O4S2. The van der Waals surface area contributed by atoms with E-state index in [9.17, 15) is 17.8 Å². The number of allylic oxidation sites excluding steroid dienone is 2. The molecule has 0 fully saturated rings. The van der Waals surface area contributed by atoms with Crippen LogP contribution in [0.3, 0.4) is 0 Å². The molecule has 2 atom stereocenters. The zero-order valence-corrected chi connectivity index (χ0v) is 17.9. The third-order valence-electron chi connectivity index (χ3n) is 4.17. The molecule has 9 heteroatoms. The number of sulfonamides is 1. The van der Waals surface area contributed by atoms with Crippen LogP contribution in [-0.4, -0.2) is 30.2 Å². The van der Waals surface area contributed by atoms with Crippen molar-refractivity contribution in [2.24, 2.45) is 11.1 Å². The van der Waals surface area contributed by atoms with Gasteiger partial charge in [0.25, 0.3) is 0 Å². The molecule has 0 heterocycles. The fourth-order valence-corrected chi connectivity index (χ4v) is 3.64. The fourth-order valence-electron chi connectivity index (χ4n) is 2.46. The number of nitrogens with one attached hydrogen (secondary N) is 2. The van der Waals surface area contributed by atoms with Gasteiger partial charge in [-0.25, -0.2) is 18.3 Å². The molecule has 1 aromatic rings. The Bertz CT molecular complexity index is 856. The fraction of sp³-hybridized carbons (Fsp3) is 0.421. The number of carbonyl (C=O) groups is 1. The molecule has 28 heavy (non-hydrogen) atoms. The highest BCUT2D eigenvalue weighted by molar-refractivity contribution is 7.91. The van der Waals surface area contributed by atoms with Crippen LogP contribution in [-0.2, 0) is 32.6 Å². The van der Waals surface area contributed by atoms with Gasteiger partial charge in [0.1, 0.15) is 4.75 Å². The van der Waals surface area contributed by atoms with Crippen LogP contribution in [0.25, 0.3) is 0 Å². The zero-order chi connectivity index (χ0) is 20.9. The van der Waals surface area contributed by atoms with Crippen LogP contribution in [0.15, 0.2) is 53.1 Å². The summed E-state index contributed by atoms with van der Waals surface area (Å²) in [6, 6.07) is 6.28. The maximum absolute atomic E-state index is 12.3. The average molecular weight is 426 g/mol. The van der Waals surface area contributed by atoms with Crippen LogP contribution in [0.2, 0.25) is 0 Å². The third kappa shape index (κ3) is 6.66. The molecule has 0 bridgehead atoms. The van der Waals surface area contributed by atoms with Gasteiger partial charge in [0, 0.05) is 6.54 Å². The first-order valence-electron chi connectivity index (χ1n) is 8.93. The van der Waals surface area contributed by atoms with Gasteiger partial charge < -0.3 is 9.87 Å². The summed E-state index contributed by atoms with van der Waals surface area (Å²) in [5, 5.41) is 7.95. The molecule has 0 radical (unpaired) electrons. The molecular weight excluding hydrogens is 398 g/mol. The van der Waals surface area contributed by atoms with Gasteiger partial charge in [0.15, 0.2) is 0 Å². The first-order chi connectivity index (χ1) is 13.0. The normalized spacial score (nSPS) is 18.3. The van der Waals surface area contributed by atoms with Crippen LogP contribution in [0.4, 0.5) is 0 Å². The van der Waals surface area contributed by atoms with Gasteiger partial charge in [-0.3, -0.25) is 4.79 Å². The van der Waals surface area contributed by atoms with Gasteiger partial charge in [-0.15, -0.1) is 0 Å². The summed E-state index contributed by atoms with van der Waals surface area (Å²) in [4.78, 5) is 12.4. The molecule has 0 saturated carbocycles. The largest absolute Gasteiger partial charge is 0.593 e. The van der Waals surface area contributed by atoms with Gasteiger partial charge in [0.2, 0.25) is 15.9 Å². The lowest BCUT2D eigenvalue weighted by Crippen LogP contribution is -2.39. The summed E-state index contributed by atoms with van der Waals surface area (Å²) < 4.78 is 37.2. The molecule has 4 N–H and O–H groups in total. The van der Waals surface area contributed by atoms with Gasteiger partial charge in [-0.2, -0.15) is 0 Å². The van der Waals surface area contributed by atoms with E-state index >= 15 is 0 Å². The lowest BCUT2D eigenvalue weighted by atomic mass is 9.98. The third-order valence-corrected chi connectivity index (χ3v) is 6.63. The van der Waals surface area contributed by atoms with E-state index in [0.29, 0.717) is 19.4 Å². The van der Waals surface area contributed by atoms with Crippen LogP contribution in [0.1, 0.15) is 32.8 Å². The second-order valence-corrected chi connectivity index (χ2v) is 11.1. The SMILES string of the molecule is CC(C)(C)[S+]([O-])NC1=CCC(C(=O)NCCc2ccc(S(N)(=O)=O)cc2)C=C1. The van der Waals surface area contributed by atoms with Crippen LogP contribution >= 0.6 is 0 Å². The highest BCUT2D eigenvalue weighted by Crippen LogP contribution is 2.19. The van der Waals surface area contributed by atoms with E-state index in [-0.39, 0.29) is 21.5 Å². The topological polar surface area (TPSA) is 124 Å². The Balaban J connectivity index is 1.78. The van der Waals surface area contributed by atoms with E-state index in [1.165, 1.54) is 12.1 Å². The maximum Gasteiger partial charge on any atom is 0.238 e. The van der Waals surface area contributed by atoms with Crippen molar-refractivity contribution >= 4 is 27.3 Å². The van der Waals surface area contributed by atoms with Crippen molar-refractivity contribution in [2.75, 3.05) is 6.54 Å². The Labute approximate surface area is 169 Å². The molecule has 154 valence electrons. The number of carbonyl (C=O) groups excluding carboxylic acids is 1. The first kappa shape index (κ1) is 22.5. The molecule has 0 aromatic heterocycles. The quantitative estimate of drug-likeness (QED) is 0.571. The molecule has 1 aromatic carbocycles. The van der Waals surface area contributed by atoms with Crippen LogP contribution < -0.4 is 15.2 Å². The van der Waals surface area contributed by atoms with E-state index in [1.807, 2.05) is 26.8 Å². The smallest absolute Gasteiger partial charge is 0.238 e. The van der Waals surface area contributed by atoms with Crippen molar-refractivity contribution < 1.29 is 17.8 Å². The number of rotatable bonds is 7. The highest BCUT2D eigenvalue weighted by Gasteiger charge is 2.27. The van der Waals surface area contributed by atoms with Crippen molar-refractivity contribution in [1.82, 2.24) is 10.0 Å². The lowest BCUT2D eigenvalue weighted by Gasteiger charge is -2.25. The minimum absolute atomic E-state index is 0.0659. The summed E-state index contributed by atoms with van der Waals surface area (Å²) in [6.45, 7) is 6.12. The van der Waals surface area contributed by atoms with Gasteiger partial charge >= 0.3 is 0 Å². The Morgan fingerprint density at radius 2 is 1.93 bits per heavy atom. The number of amides is 1. The van der Waals surface area contributed by atoms with E-state index in [0.717, 1.165) is 11.3 Å². The Morgan fingerprint density at radius 3 is 2.43 bits per heavy atom. The Hall–Kier alpha value is -1.81. The van der Waals surface area contributed by atoms with Crippen molar-refractivity contribution in [1.29, 1.82) is 0 Å². The number of nitrogens with two attached hydrogens (primary N) is 1. The monoisotopic (exact) mass is 425 g/mol. The molecule has 1 amide bonds. The molecule has 0 spiro atoms. The number of benzene rings is 1. The lowest BCUT2D eigenvalue weighted by molar-refractivity contribution is -0.123. The van der Waals surface area contributed by atoms with Crippen molar-refractivity contribution in [3.63, 3.8) is 0 Å². The van der Waals surface area contributed by atoms with Crippen molar-refractivity contribution in [3.8, 4) is 0 Å². The summed E-state index contributed by atoms with van der Waals surface area (Å²) >= 11 is -1.21. The minimum atomic E-state index is -3.70. The van der Waals surface area contributed by atoms with Crippen LogP contribution in [0, 0.1) is 5.92 Å². The van der Waals surface area contributed by atoms with Gasteiger partial charge in [-0.1, -0.05) is 24.3 Å².